The van der Waals surface area contributed by atoms with Crippen molar-refractivity contribution < 1.29 is 8.42 Å². The van der Waals surface area contributed by atoms with Crippen LogP contribution in [0.3, 0.4) is 0 Å². The van der Waals surface area contributed by atoms with Gasteiger partial charge in [0, 0.05) is 20.0 Å². The van der Waals surface area contributed by atoms with Gasteiger partial charge in [-0.05, 0) is 31.9 Å². The zero-order valence-corrected chi connectivity index (χ0v) is 11.6. The first-order chi connectivity index (χ1) is 8.48. The van der Waals surface area contributed by atoms with Crippen LogP contribution in [0, 0.1) is 18.3 Å². The maximum Gasteiger partial charge on any atom is 0.242 e. The van der Waals surface area contributed by atoms with Gasteiger partial charge in [-0.15, -0.1) is 0 Å². The molecule has 1 rings (SSSR count). The lowest BCUT2D eigenvalue weighted by molar-refractivity contribution is 0.456. The molecule has 4 nitrogen and oxygen atoms in total. The van der Waals surface area contributed by atoms with Gasteiger partial charge in [0.05, 0.1) is 11.0 Å². The third kappa shape index (κ3) is 3.83. The summed E-state index contributed by atoms with van der Waals surface area (Å²) in [6.45, 7) is 2.36. The van der Waals surface area contributed by atoms with Crippen molar-refractivity contribution >= 4 is 10.0 Å². The fourth-order valence-electron chi connectivity index (χ4n) is 1.55. The molecule has 0 aliphatic carbocycles. The molecule has 18 heavy (non-hydrogen) atoms. The number of nitrogens with zero attached hydrogens (tertiary/aromatic N) is 2. The molecule has 5 heteroatoms. The van der Waals surface area contributed by atoms with Gasteiger partial charge < -0.3 is 0 Å². The van der Waals surface area contributed by atoms with Gasteiger partial charge in [-0.25, -0.2) is 12.7 Å². The Morgan fingerprint density at radius 1 is 1.22 bits per heavy atom. The quantitative estimate of drug-likeness (QED) is 0.742. The second-order valence-corrected chi connectivity index (χ2v) is 6.30. The Hall–Kier alpha value is -1.38. The predicted octanol–water partition coefficient (Wildman–Crippen LogP) is 2.31. The standard InChI is InChI=1S/C13H18N2O2S/c1-12-6-8-13(9-7-12)18(16,17)15(2)11-5-3-4-10-14/h6-9H,3-5,11H2,1-2H3. The first kappa shape index (κ1) is 14.7. The van der Waals surface area contributed by atoms with Gasteiger partial charge in [0.15, 0.2) is 0 Å². The molecule has 0 amide bonds. The van der Waals surface area contributed by atoms with Crippen molar-refractivity contribution in [2.75, 3.05) is 13.6 Å². The first-order valence-corrected chi connectivity index (χ1v) is 7.32. The summed E-state index contributed by atoms with van der Waals surface area (Å²) >= 11 is 0. The monoisotopic (exact) mass is 266 g/mol. The molecule has 1 aromatic carbocycles. The van der Waals surface area contributed by atoms with Crippen molar-refractivity contribution in [2.45, 2.75) is 31.1 Å². The zero-order chi connectivity index (χ0) is 13.6. The maximum absolute atomic E-state index is 12.2. The third-order valence-electron chi connectivity index (χ3n) is 2.74. The molecule has 0 aliphatic rings. The molecule has 0 saturated heterocycles. The smallest absolute Gasteiger partial charge is 0.207 e. The van der Waals surface area contributed by atoms with Gasteiger partial charge in [0.1, 0.15) is 0 Å². The summed E-state index contributed by atoms with van der Waals surface area (Å²) in [5.74, 6) is 0. The van der Waals surface area contributed by atoms with E-state index in [1.807, 2.05) is 6.92 Å². The molecule has 1 aromatic rings. The summed E-state index contributed by atoms with van der Waals surface area (Å²) in [5.41, 5.74) is 1.03. The van der Waals surface area contributed by atoms with E-state index in [0.717, 1.165) is 12.0 Å². The molecule has 0 saturated carbocycles. The molecule has 0 bridgehead atoms. The largest absolute Gasteiger partial charge is 0.242 e. The van der Waals surface area contributed by atoms with Crippen molar-refractivity contribution in [3.63, 3.8) is 0 Å². The van der Waals surface area contributed by atoms with E-state index < -0.39 is 10.0 Å². The van der Waals surface area contributed by atoms with Crippen LogP contribution >= 0.6 is 0 Å². The average molecular weight is 266 g/mol. The molecule has 0 radical (unpaired) electrons. The predicted molar refractivity (Wildman–Crippen MR) is 70.5 cm³/mol. The van der Waals surface area contributed by atoms with E-state index in [1.54, 1.807) is 31.3 Å². The summed E-state index contributed by atoms with van der Waals surface area (Å²) in [6.07, 6.45) is 1.90. The molecule has 0 heterocycles. The zero-order valence-electron chi connectivity index (χ0n) is 10.8. The van der Waals surface area contributed by atoms with Crippen LogP contribution < -0.4 is 0 Å². The number of sulfonamides is 1. The molecule has 0 spiro atoms. The summed E-state index contributed by atoms with van der Waals surface area (Å²) < 4.78 is 25.7. The minimum absolute atomic E-state index is 0.316. The molecule has 0 atom stereocenters. The van der Waals surface area contributed by atoms with Gasteiger partial charge >= 0.3 is 0 Å². The lowest BCUT2D eigenvalue weighted by Gasteiger charge is -2.16. The Morgan fingerprint density at radius 2 is 1.83 bits per heavy atom. The van der Waals surface area contributed by atoms with Gasteiger partial charge in [-0.3, -0.25) is 0 Å². The van der Waals surface area contributed by atoms with E-state index in [2.05, 4.69) is 6.07 Å². The fourth-order valence-corrected chi connectivity index (χ4v) is 2.76. The third-order valence-corrected chi connectivity index (χ3v) is 4.61. The van der Waals surface area contributed by atoms with Crippen LogP contribution in [0.1, 0.15) is 24.8 Å². The second-order valence-electron chi connectivity index (χ2n) is 4.25. The Morgan fingerprint density at radius 3 is 2.39 bits per heavy atom. The van der Waals surface area contributed by atoms with Crippen molar-refractivity contribution in [1.82, 2.24) is 4.31 Å². The van der Waals surface area contributed by atoms with Crippen LogP contribution in [0.15, 0.2) is 29.2 Å². The van der Waals surface area contributed by atoms with Crippen LogP contribution in [-0.2, 0) is 10.0 Å². The minimum atomic E-state index is -3.39. The summed E-state index contributed by atoms with van der Waals surface area (Å²) in [6, 6.07) is 8.87. The van der Waals surface area contributed by atoms with E-state index >= 15 is 0 Å². The second kappa shape index (κ2) is 6.53. The SMILES string of the molecule is Cc1ccc(S(=O)(=O)N(C)CCCCC#N)cc1. The highest BCUT2D eigenvalue weighted by Crippen LogP contribution is 2.15. The molecule has 0 N–H and O–H groups in total. The highest BCUT2D eigenvalue weighted by atomic mass is 32.2. The molecule has 0 aliphatic heterocycles. The topological polar surface area (TPSA) is 61.2 Å². The molecule has 0 fully saturated rings. The van der Waals surface area contributed by atoms with Gasteiger partial charge in [0.2, 0.25) is 10.0 Å². The molecular formula is C13H18N2O2S. The molecule has 0 unspecified atom stereocenters. The van der Waals surface area contributed by atoms with Crippen molar-refractivity contribution in [3.8, 4) is 6.07 Å². The minimum Gasteiger partial charge on any atom is -0.207 e. The highest BCUT2D eigenvalue weighted by molar-refractivity contribution is 7.89. The molecular weight excluding hydrogens is 248 g/mol. The van der Waals surface area contributed by atoms with E-state index in [1.165, 1.54) is 4.31 Å². The number of rotatable bonds is 6. The van der Waals surface area contributed by atoms with Crippen molar-refractivity contribution in [1.29, 1.82) is 5.26 Å². The van der Waals surface area contributed by atoms with Crippen LogP contribution in [0.5, 0.6) is 0 Å². The summed E-state index contributed by atoms with van der Waals surface area (Å²) in [5, 5.41) is 8.41. The molecule has 98 valence electrons. The normalized spacial score (nSPS) is 11.4. The Kier molecular flexibility index (Phi) is 5.32. The fraction of sp³-hybridized carbons (Fsp3) is 0.462. The van der Waals surface area contributed by atoms with Gasteiger partial charge in [-0.1, -0.05) is 17.7 Å². The average Bonchev–Trinajstić information content (AvgIpc) is 2.35. The Labute approximate surface area is 109 Å². The number of aryl methyl sites for hydroxylation is 1. The van der Waals surface area contributed by atoms with Crippen molar-refractivity contribution in [2.24, 2.45) is 0 Å². The number of nitriles is 1. The van der Waals surface area contributed by atoms with Gasteiger partial charge in [-0.2, -0.15) is 5.26 Å². The Balaban J connectivity index is 2.68. The van der Waals surface area contributed by atoms with Crippen LogP contribution in [0.25, 0.3) is 0 Å². The molecule has 0 aromatic heterocycles. The van der Waals surface area contributed by atoms with Crippen LogP contribution in [-0.4, -0.2) is 26.3 Å². The Bertz CT molecular complexity index is 515. The van der Waals surface area contributed by atoms with E-state index in [4.69, 9.17) is 5.26 Å². The van der Waals surface area contributed by atoms with Crippen molar-refractivity contribution in [3.05, 3.63) is 29.8 Å². The number of hydrogen-bond acceptors (Lipinski definition) is 3. The lowest BCUT2D eigenvalue weighted by atomic mass is 10.2. The highest BCUT2D eigenvalue weighted by Gasteiger charge is 2.19. The summed E-state index contributed by atoms with van der Waals surface area (Å²) in [7, 11) is -1.82. The maximum atomic E-state index is 12.2. The number of unbranched alkanes of at least 4 members (excludes halogenated alkanes) is 2. The van der Waals surface area contributed by atoms with Gasteiger partial charge in [0.25, 0.3) is 0 Å². The number of benzene rings is 1. The summed E-state index contributed by atoms with van der Waals surface area (Å²) in [4.78, 5) is 0.316. The van der Waals surface area contributed by atoms with Crippen LogP contribution in [0.4, 0.5) is 0 Å². The first-order valence-electron chi connectivity index (χ1n) is 5.88. The lowest BCUT2D eigenvalue weighted by Crippen LogP contribution is -2.27. The van der Waals surface area contributed by atoms with E-state index in [0.29, 0.717) is 24.3 Å². The van der Waals surface area contributed by atoms with E-state index in [9.17, 15) is 8.42 Å². The van der Waals surface area contributed by atoms with Crippen LogP contribution in [0.2, 0.25) is 0 Å². The van der Waals surface area contributed by atoms with E-state index in [-0.39, 0.29) is 0 Å². The number of hydrogen-bond donors (Lipinski definition) is 0.